The van der Waals surface area contributed by atoms with Crippen molar-refractivity contribution in [3.05, 3.63) is 90.6 Å². The number of aromatic nitrogens is 2. The molecule has 0 fully saturated rings. The first-order valence-electron chi connectivity index (χ1n) is 11.2. The average molecular weight is 503 g/mol. The summed E-state index contributed by atoms with van der Waals surface area (Å²) in [6.07, 6.45) is 4.18. The zero-order valence-electron chi connectivity index (χ0n) is 19.1. The standard InChI is InChI=1S/C26H19FN4O4S/c1-14-2-8-19-22(10-14)36-26-23(19)25(32)29-24(30-26)16(13-28)11-15-3-9-21(20(12-15)31(33)34)35-18-6-4-17(27)5-7-18/h3-7,9,11-12,14H,2,8,10H2,1H3,(H,29,30,32)/b16-11-. The molecule has 2 heterocycles. The van der Waals surface area contributed by atoms with Crippen molar-refractivity contribution < 1.29 is 14.1 Å². The number of hydrogen-bond acceptors (Lipinski definition) is 7. The van der Waals surface area contributed by atoms with Gasteiger partial charge in [0.05, 0.1) is 15.9 Å². The van der Waals surface area contributed by atoms with Crippen molar-refractivity contribution in [3.63, 3.8) is 0 Å². The van der Waals surface area contributed by atoms with E-state index in [4.69, 9.17) is 4.74 Å². The normalized spacial score (nSPS) is 15.4. The summed E-state index contributed by atoms with van der Waals surface area (Å²) in [7, 11) is 0. The van der Waals surface area contributed by atoms with Crippen molar-refractivity contribution in [3.8, 4) is 17.6 Å². The van der Waals surface area contributed by atoms with Crippen molar-refractivity contribution in [2.24, 2.45) is 5.92 Å². The minimum atomic E-state index is -0.606. The number of nitro benzene ring substituents is 1. The molecule has 0 aliphatic heterocycles. The van der Waals surface area contributed by atoms with Crippen molar-refractivity contribution in [2.45, 2.75) is 26.2 Å². The van der Waals surface area contributed by atoms with E-state index in [-0.39, 0.29) is 34.1 Å². The molecule has 0 spiro atoms. The van der Waals surface area contributed by atoms with E-state index >= 15 is 0 Å². The number of benzene rings is 2. The first-order chi connectivity index (χ1) is 17.3. The van der Waals surface area contributed by atoms with Crippen molar-refractivity contribution in [1.82, 2.24) is 9.97 Å². The highest BCUT2D eigenvalue weighted by atomic mass is 32.1. The van der Waals surface area contributed by atoms with Crippen molar-refractivity contribution in [1.29, 1.82) is 5.26 Å². The predicted octanol–water partition coefficient (Wildman–Crippen LogP) is 6.01. The van der Waals surface area contributed by atoms with Gasteiger partial charge in [0.15, 0.2) is 5.82 Å². The number of aromatic amines is 1. The number of nitro groups is 1. The molecule has 2 aromatic heterocycles. The Hall–Kier alpha value is -4.36. The number of hydrogen-bond donors (Lipinski definition) is 1. The minimum absolute atomic E-state index is 0.0337. The van der Waals surface area contributed by atoms with Crippen LogP contribution < -0.4 is 10.3 Å². The second kappa shape index (κ2) is 9.36. The fourth-order valence-corrected chi connectivity index (χ4v) is 5.66. The van der Waals surface area contributed by atoms with E-state index in [9.17, 15) is 24.6 Å². The topological polar surface area (TPSA) is 122 Å². The molecule has 0 amide bonds. The summed E-state index contributed by atoms with van der Waals surface area (Å²) in [5.41, 5.74) is 0.838. The van der Waals surface area contributed by atoms with Gasteiger partial charge in [0.1, 0.15) is 22.5 Å². The maximum atomic E-state index is 13.1. The van der Waals surface area contributed by atoms with E-state index in [2.05, 4.69) is 16.9 Å². The molecule has 0 saturated heterocycles. The third kappa shape index (κ3) is 4.48. The molecular weight excluding hydrogens is 483 g/mol. The Morgan fingerprint density at radius 2 is 2.11 bits per heavy atom. The second-order valence-electron chi connectivity index (χ2n) is 8.66. The van der Waals surface area contributed by atoms with Crippen LogP contribution in [0.1, 0.15) is 35.2 Å². The van der Waals surface area contributed by atoms with Crippen LogP contribution in [0.5, 0.6) is 11.5 Å². The Morgan fingerprint density at radius 3 is 2.83 bits per heavy atom. The van der Waals surface area contributed by atoms with Gasteiger partial charge in [-0.1, -0.05) is 13.0 Å². The number of aryl methyl sites for hydroxylation is 1. The number of fused-ring (bicyclic) bond motifs is 3. The summed E-state index contributed by atoms with van der Waals surface area (Å²) in [6, 6.07) is 11.3. The third-order valence-electron chi connectivity index (χ3n) is 6.07. The van der Waals surface area contributed by atoms with Gasteiger partial charge in [0, 0.05) is 10.9 Å². The Labute approximate surface area is 208 Å². The zero-order chi connectivity index (χ0) is 25.4. The van der Waals surface area contributed by atoms with Crippen LogP contribution >= 0.6 is 11.3 Å². The summed E-state index contributed by atoms with van der Waals surface area (Å²) in [5.74, 6) is 0.404. The summed E-state index contributed by atoms with van der Waals surface area (Å²) in [5, 5.41) is 22.0. The quantitative estimate of drug-likeness (QED) is 0.202. The van der Waals surface area contributed by atoms with E-state index in [1.54, 1.807) is 6.07 Å². The van der Waals surface area contributed by atoms with Crippen molar-refractivity contribution >= 4 is 38.9 Å². The van der Waals surface area contributed by atoms with Gasteiger partial charge in [-0.3, -0.25) is 14.9 Å². The molecule has 4 aromatic rings. The molecule has 2 aromatic carbocycles. The molecule has 1 N–H and O–H groups in total. The van der Waals surface area contributed by atoms with Crippen LogP contribution in [0.4, 0.5) is 10.1 Å². The Kier molecular flexibility index (Phi) is 6.08. The van der Waals surface area contributed by atoms with Crippen LogP contribution in [0.15, 0.2) is 47.3 Å². The maximum absolute atomic E-state index is 13.1. The molecule has 8 nitrogen and oxygen atoms in total. The molecule has 5 rings (SSSR count). The monoisotopic (exact) mass is 502 g/mol. The van der Waals surface area contributed by atoms with E-state index in [1.807, 2.05) is 6.07 Å². The molecule has 1 atom stereocenters. The van der Waals surface area contributed by atoms with Crippen LogP contribution in [0, 0.1) is 33.2 Å². The molecule has 0 saturated carbocycles. The molecule has 0 radical (unpaired) electrons. The second-order valence-corrected chi connectivity index (χ2v) is 9.74. The highest BCUT2D eigenvalue weighted by Gasteiger charge is 2.24. The number of nitriles is 1. The van der Waals surface area contributed by atoms with E-state index in [1.165, 1.54) is 53.8 Å². The SMILES string of the molecule is CC1CCc2c(sc3nc(/C(C#N)=C\c4ccc(Oc5ccc(F)cc5)c([N+](=O)[O-])c4)[nH]c(=O)c23)C1. The lowest BCUT2D eigenvalue weighted by Gasteiger charge is -2.17. The molecule has 36 heavy (non-hydrogen) atoms. The Balaban J connectivity index is 1.52. The number of thiophene rings is 1. The zero-order valence-corrected chi connectivity index (χ0v) is 19.9. The number of allylic oxidation sites excluding steroid dienone is 1. The van der Waals surface area contributed by atoms with Crippen LogP contribution in [0.3, 0.4) is 0 Å². The van der Waals surface area contributed by atoms with Crippen molar-refractivity contribution in [2.75, 3.05) is 0 Å². The first-order valence-corrected chi connectivity index (χ1v) is 12.0. The number of nitrogens with zero attached hydrogens (tertiary/aromatic N) is 3. The van der Waals surface area contributed by atoms with E-state index in [0.29, 0.717) is 21.7 Å². The number of rotatable bonds is 5. The number of H-pyrrole nitrogens is 1. The molecule has 1 aliphatic carbocycles. The Morgan fingerprint density at radius 1 is 1.33 bits per heavy atom. The van der Waals surface area contributed by atoms with Crippen LogP contribution in [-0.2, 0) is 12.8 Å². The predicted molar refractivity (Wildman–Crippen MR) is 134 cm³/mol. The van der Waals surface area contributed by atoms with Gasteiger partial charge >= 0.3 is 5.69 Å². The van der Waals surface area contributed by atoms with Crippen LogP contribution in [0.25, 0.3) is 21.9 Å². The lowest BCUT2D eigenvalue weighted by atomic mass is 9.89. The molecule has 0 bridgehead atoms. The molecule has 1 unspecified atom stereocenters. The summed E-state index contributed by atoms with van der Waals surface area (Å²) < 4.78 is 18.7. The van der Waals surface area contributed by atoms with Gasteiger partial charge in [0.25, 0.3) is 5.56 Å². The smallest absolute Gasteiger partial charge is 0.312 e. The average Bonchev–Trinajstić information content (AvgIpc) is 3.22. The molecular formula is C26H19FN4O4S. The van der Waals surface area contributed by atoms with Crippen LogP contribution in [-0.4, -0.2) is 14.9 Å². The lowest BCUT2D eigenvalue weighted by Crippen LogP contribution is -2.14. The summed E-state index contributed by atoms with van der Waals surface area (Å²) >= 11 is 1.48. The maximum Gasteiger partial charge on any atom is 0.312 e. The van der Waals surface area contributed by atoms with Gasteiger partial charge in [0.2, 0.25) is 5.75 Å². The van der Waals surface area contributed by atoms with Crippen LogP contribution in [0.2, 0.25) is 0 Å². The highest BCUT2D eigenvalue weighted by molar-refractivity contribution is 7.18. The number of halogens is 1. The third-order valence-corrected chi connectivity index (χ3v) is 7.22. The van der Waals surface area contributed by atoms with E-state index < -0.39 is 10.7 Å². The number of nitrogens with one attached hydrogen (secondary N) is 1. The van der Waals surface area contributed by atoms with Gasteiger partial charge in [-0.2, -0.15) is 5.26 Å². The first kappa shape index (κ1) is 23.4. The van der Waals surface area contributed by atoms with Gasteiger partial charge in [-0.25, -0.2) is 9.37 Å². The van der Waals surface area contributed by atoms with E-state index in [0.717, 1.165) is 29.7 Å². The highest BCUT2D eigenvalue weighted by Crippen LogP contribution is 2.36. The largest absolute Gasteiger partial charge is 0.450 e. The van der Waals surface area contributed by atoms with Gasteiger partial charge in [-0.15, -0.1) is 11.3 Å². The summed E-state index contributed by atoms with van der Waals surface area (Å²) in [4.78, 5) is 33.0. The fourth-order valence-electron chi connectivity index (χ4n) is 4.28. The number of ether oxygens (including phenoxy) is 1. The minimum Gasteiger partial charge on any atom is -0.450 e. The van der Waals surface area contributed by atoms with Gasteiger partial charge in [-0.05, 0) is 72.7 Å². The fraction of sp³-hybridized carbons (Fsp3) is 0.192. The molecule has 1 aliphatic rings. The lowest BCUT2D eigenvalue weighted by molar-refractivity contribution is -0.385. The molecule has 10 heteroatoms. The molecule has 180 valence electrons. The Bertz CT molecular complexity index is 1630. The summed E-state index contributed by atoms with van der Waals surface area (Å²) in [6.45, 7) is 2.18. The van der Waals surface area contributed by atoms with Gasteiger partial charge < -0.3 is 9.72 Å².